The van der Waals surface area contributed by atoms with Crippen molar-refractivity contribution in [1.29, 1.82) is 0 Å². The molecule has 3 aromatic carbocycles. The number of nitrogens with zero attached hydrogens (tertiary/aromatic N) is 2. The second kappa shape index (κ2) is 6.79. The van der Waals surface area contributed by atoms with E-state index in [0.29, 0.717) is 5.92 Å². The lowest BCUT2D eigenvalue weighted by Crippen LogP contribution is -2.37. The average Bonchev–Trinajstić information content (AvgIpc) is 2.75. The highest BCUT2D eigenvalue weighted by Gasteiger charge is 2.38. The molecule has 0 unspecified atom stereocenters. The fraction of sp³-hybridized carbons (Fsp3) is 0.250. The van der Waals surface area contributed by atoms with Crippen LogP contribution < -0.4 is 4.90 Å². The van der Waals surface area contributed by atoms with Crippen LogP contribution in [0, 0.1) is 10.1 Å². The van der Waals surface area contributed by atoms with E-state index in [4.69, 9.17) is 0 Å². The first-order valence-corrected chi connectivity index (χ1v) is 9.90. The van der Waals surface area contributed by atoms with Crippen LogP contribution in [0.5, 0.6) is 0 Å². The summed E-state index contributed by atoms with van der Waals surface area (Å²) < 4.78 is 0. The highest BCUT2D eigenvalue weighted by molar-refractivity contribution is 5.73. The summed E-state index contributed by atoms with van der Waals surface area (Å²) >= 11 is 0. The molecule has 0 saturated carbocycles. The molecular formula is C24H22N2O2. The molecule has 0 fully saturated rings. The summed E-state index contributed by atoms with van der Waals surface area (Å²) in [6, 6.07) is 24.5. The maximum atomic E-state index is 11.9. The lowest BCUT2D eigenvalue weighted by molar-refractivity contribution is -0.385. The maximum Gasteiger partial charge on any atom is 0.275 e. The zero-order valence-electron chi connectivity index (χ0n) is 15.6. The highest BCUT2D eigenvalue weighted by atomic mass is 16.6. The summed E-state index contributed by atoms with van der Waals surface area (Å²) in [6.45, 7) is 1.89. The standard InChI is InChI=1S/C24H22N2O2/c27-26(28)22-12-11-21-19(17-7-3-1-4-8-17)13-15-25-16-14-20(23(22)24(21)25)18-9-5-2-6-10-18/h1-12,19-20H,13-16H2/t19-,20-/m0/s1. The Morgan fingerprint density at radius 1 is 0.786 bits per heavy atom. The van der Waals surface area contributed by atoms with Gasteiger partial charge in [0.2, 0.25) is 0 Å². The van der Waals surface area contributed by atoms with Gasteiger partial charge in [0.05, 0.1) is 16.2 Å². The number of nitro groups is 1. The average molecular weight is 370 g/mol. The molecule has 4 nitrogen and oxygen atoms in total. The molecule has 140 valence electrons. The monoisotopic (exact) mass is 370 g/mol. The number of rotatable bonds is 3. The quantitative estimate of drug-likeness (QED) is 0.453. The Kier molecular flexibility index (Phi) is 4.12. The van der Waals surface area contributed by atoms with Crippen molar-refractivity contribution >= 4 is 11.4 Å². The molecule has 0 aliphatic carbocycles. The van der Waals surface area contributed by atoms with Gasteiger partial charge in [0.25, 0.3) is 5.69 Å². The van der Waals surface area contributed by atoms with Gasteiger partial charge in [-0.05, 0) is 35.6 Å². The van der Waals surface area contributed by atoms with E-state index >= 15 is 0 Å². The zero-order valence-corrected chi connectivity index (χ0v) is 15.6. The van der Waals surface area contributed by atoms with Crippen molar-refractivity contribution < 1.29 is 4.92 Å². The first kappa shape index (κ1) is 17.0. The minimum absolute atomic E-state index is 0.0716. The van der Waals surface area contributed by atoms with Crippen LogP contribution in [0.1, 0.15) is 46.9 Å². The Morgan fingerprint density at radius 3 is 1.96 bits per heavy atom. The lowest BCUT2D eigenvalue weighted by Gasteiger charge is -2.42. The van der Waals surface area contributed by atoms with Crippen molar-refractivity contribution in [2.75, 3.05) is 18.0 Å². The normalized spacial score (nSPS) is 20.5. The SMILES string of the molecule is O=[N+]([O-])c1ccc2c3c1[C@H](c1ccccc1)CCN3CC[C@H]2c1ccccc1. The van der Waals surface area contributed by atoms with Gasteiger partial charge in [-0.15, -0.1) is 0 Å². The van der Waals surface area contributed by atoms with Crippen molar-refractivity contribution in [3.8, 4) is 0 Å². The molecule has 3 aromatic rings. The van der Waals surface area contributed by atoms with Gasteiger partial charge in [-0.2, -0.15) is 0 Å². The maximum absolute atomic E-state index is 11.9. The molecule has 0 spiro atoms. The number of hydrogen-bond donors (Lipinski definition) is 0. The Labute approximate surface area is 164 Å². The van der Waals surface area contributed by atoms with E-state index in [1.807, 2.05) is 30.3 Å². The van der Waals surface area contributed by atoms with Crippen LogP contribution in [0.3, 0.4) is 0 Å². The minimum Gasteiger partial charge on any atom is -0.371 e. The fourth-order valence-electron chi connectivity index (χ4n) is 5.01. The molecule has 0 N–H and O–H groups in total. The molecule has 2 heterocycles. The number of benzene rings is 3. The Balaban J connectivity index is 1.73. The molecule has 2 aliphatic rings. The third-order valence-corrected chi connectivity index (χ3v) is 6.24. The van der Waals surface area contributed by atoms with Crippen molar-refractivity contribution in [2.24, 2.45) is 0 Å². The van der Waals surface area contributed by atoms with Crippen LogP contribution in [-0.4, -0.2) is 18.0 Å². The molecule has 0 amide bonds. The number of hydrogen-bond acceptors (Lipinski definition) is 3. The van der Waals surface area contributed by atoms with Gasteiger partial charge in [0.15, 0.2) is 0 Å². The van der Waals surface area contributed by atoms with Crippen LogP contribution in [0.25, 0.3) is 0 Å². The van der Waals surface area contributed by atoms with Crippen LogP contribution in [-0.2, 0) is 0 Å². The van der Waals surface area contributed by atoms with E-state index in [1.54, 1.807) is 6.07 Å². The van der Waals surface area contributed by atoms with Gasteiger partial charge < -0.3 is 4.90 Å². The van der Waals surface area contributed by atoms with Gasteiger partial charge in [0.1, 0.15) is 0 Å². The van der Waals surface area contributed by atoms with Crippen LogP contribution in [0.15, 0.2) is 72.8 Å². The smallest absolute Gasteiger partial charge is 0.275 e. The van der Waals surface area contributed by atoms with Gasteiger partial charge in [-0.1, -0.05) is 60.7 Å². The van der Waals surface area contributed by atoms with Gasteiger partial charge >= 0.3 is 0 Å². The van der Waals surface area contributed by atoms with Gasteiger partial charge in [-0.25, -0.2) is 0 Å². The van der Waals surface area contributed by atoms with Gasteiger partial charge in [-0.3, -0.25) is 10.1 Å². The molecule has 0 bridgehead atoms. The van der Waals surface area contributed by atoms with Crippen molar-refractivity contribution in [1.82, 2.24) is 0 Å². The van der Waals surface area contributed by atoms with Crippen molar-refractivity contribution in [2.45, 2.75) is 24.7 Å². The first-order valence-electron chi connectivity index (χ1n) is 9.90. The molecule has 0 saturated heterocycles. The molecule has 0 aromatic heterocycles. The van der Waals surface area contributed by atoms with Crippen LogP contribution in [0.4, 0.5) is 11.4 Å². The summed E-state index contributed by atoms with van der Waals surface area (Å²) in [5.74, 6) is 0.365. The Hall–Kier alpha value is -3.14. The van der Waals surface area contributed by atoms with Crippen LogP contribution >= 0.6 is 0 Å². The fourth-order valence-corrected chi connectivity index (χ4v) is 5.01. The molecule has 2 aliphatic heterocycles. The first-order chi connectivity index (χ1) is 13.7. The topological polar surface area (TPSA) is 46.4 Å². The van der Waals surface area contributed by atoms with Gasteiger partial charge in [0, 0.05) is 31.0 Å². The van der Waals surface area contributed by atoms with E-state index in [1.165, 1.54) is 16.7 Å². The van der Waals surface area contributed by atoms with Crippen LogP contribution in [0.2, 0.25) is 0 Å². The summed E-state index contributed by atoms with van der Waals surface area (Å²) in [4.78, 5) is 14.1. The number of anilines is 1. The summed E-state index contributed by atoms with van der Waals surface area (Å²) in [6.07, 6.45) is 1.96. The van der Waals surface area contributed by atoms with E-state index in [2.05, 4.69) is 41.3 Å². The Morgan fingerprint density at radius 2 is 1.36 bits per heavy atom. The highest BCUT2D eigenvalue weighted by Crippen LogP contribution is 2.51. The zero-order chi connectivity index (χ0) is 19.1. The summed E-state index contributed by atoms with van der Waals surface area (Å²) in [5, 5.41) is 11.9. The third-order valence-electron chi connectivity index (χ3n) is 6.24. The second-order valence-electron chi connectivity index (χ2n) is 7.68. The lowest BCUT2D eigenvalue weighted by atomic mass is 9.76. The molecule has 28 heavy (non-hydrogen) atoms. The molecule has 4 heteroatoms. The van der Waals surface area contributed by atoms with Crippen molar-refractivity contribution in [3.63, 3.8) is 0 Å². The number of nitro benzene ring substituents is 1. The largest absolute Gasteiger partial charge is 0.371 e. The van der Waals surface area contributed by atoms with E-state index < -0.39 is 0 Å². The summed E-state index contributed by atoms with van der Waals surface area (Å²) in [5.41, 5.74) is 5.96. The molecule has 2 atom stereocenters. The predicted molar refractivity (Wildman–Crippen MR) is 111 cm³/mol. The van der Waals surface area contributed by atoms with E-state index in [-0.39, 0.29) is 16.5 Å². The molecule has 5 rings (SSSR count). The Bertz CT molecular complexity index is 1020. The molecular weight excluding hydrogens is 348 g/mol. The third kappa shape index (κ3) is 2.68. The minimum atomic E-state index is -0.207. The predicted octanol–water partition coefficient (Wildman–Crippen LogP) is 5.47. The van der Waals surface area contributed by atoms with E-state index in [0.717, 1.165) is 37.2 Å². The summed E-state index contributed by atoms with van der Waals surface area (Å²) in [7, 11) is 0. The van der Waals surface area contributed by atoms with E-state index in [9.17, 15) is 10.1 Å². The van der Waals surface area contributed by atoms with Crippen molar-refractivity contribution in [3.05, 3.63) is 105 Å². The molecule has 0 radical (unpaired) electrons. The second-order valence-corrected chi connectivity index (χ2v) is 7.68.